The maximum Gasteiger partial charge on any atom is 0.119 e. The second-order valence-corrected chi connectivity index (χ2v) is 7.49. The normalized spacial score (nSPS) is 11.5. The largest absolute Gasteiger partial charge is 0.491 e. The van der Waals surface area contributed by atoms with Crippen LogP contribution in [-0.4, -0.2) is 43.0 Å². The van der Waals surface area contributed by atoms with Crippen LogP contribution in [0.1, 0.15) is 30.5 Å². The van der Waals surface area contributed by atoms with Crippen LogP contribution in [0.3, 0.4) is 0 Å². The molecule has 3 rings (SSSR count). The van der Waals surface area contributed by atoms with Crippen LogP contribution in [0.5, 0.6) is 5.75 Å². The molecule has 3 aromatic carbocycles. The molecule has 4 nitrogen and oxygen atoms in total. The molecule has 1 atom stereocenters. The Morgan fingerprint density at radius 3 is 1.78 bits per heavy atom. The molecule has 0 saturated carbocycles. The zero-order valence-corrected chi connectivity index (χ0v) is 19.6. The molecule has 0 bridgehead atoms. The summed E-state index contributed by atoms with van der Waals surface area (Å²) in [6.07, 6.45) is 0.304. The Kier molecular flexibility index (Phi) is 12.2. The van der Waals surface area contributed by atoms with E-state index in [0.717, 1.165) is 25.3 Å². The van der Waals surface area contributed by atoms with Crippen molar-refractivity contribution in [3.05, 3.63) is 102 Å². The zero-order chi connectivity index (χ0) is 23.0. The summed E-state index contributed by atoms with van der Waals surface area (Å²) in [5, 5.41) is 10.6. The Labute approximate surface area is 193 Å². The first-order chi connectivity index (χ1) is 15.7. The van der Waals surface area contributed by atoms with Crippen LogP contribution >= 0.6 is 0 Å². The van der Waals surface area contributed by atoms with Crippen LogP contribution in [0.2, 0.25) is 0 Å². The van der Waals surface area contributed by atoms with Crippen LogP contribution in [0.15, 0.2) is 84.9 Å². The third kappa shape index (κ3) is 9.65. The molecule has 0 aromatic heterocycles. The van der Waals surface area contributed by atoms with Gasteiger partial charge in [0.1, 0.15) is 18.5 Å². The first kappa shape index (κ1) is 25.6. The van der Waals surface area contributed by atoms with Gasteiger partial charge in [0.2, 0.25) is 0 Å². The van der Waals surface area contributed by atoms with E-state index in [1.165, 1.54) is 16.7 Å². The van der Waals surface area contributed by atoms with Crippen molar-refractivity contribution in [3.63, 3.8) is 0 Å². The SMILES string of the molecule is CC.COCCc1ccc(OCC(O)CN(Cc2ccccc2)Cc2ccccc2)cc1. The van der Waals surface area contributed by atoms with Gasteiger partial charge in [0.05, 0.1) is 6.61 Å². The summed E-state index contributed by atoms with van der Waals surface area (Å²) < 4.78 is 10.9. The Bertz CT molecular complexity index is 796. The average Bonchev–Trinajstić information content (AvgIpc) is 2.84. The number of benzene rings is 3. The van der Waals surface area contributed by atoms with Crippen LogP contribution < -0.4 is 4.74 Å². The van der Waals surface area contributed by atoms with Gasteiger partial charge in [-0.3, -0.25) is 4.90 Å². The molecule has 0 saturated heterocycles. The lowest BCUT2D eigenvalue weighted by molar-refractivity contribution is 0.0628. The van der Waals surface area contributed by atoms with Crippen molar-refractivity contribution < 1.29 is 14.6 Å². The molecule has 0 aliphatic carbocycles. The highest BCUT2D eigenvalue weighted by Gasteiger charge is 2.14. The second-order valence-electron chi connectivity index (χ2n) is 7.49. The molecular formula is C28H37NO3. The summed E-state index contributed by atoms with van der Waals surface area (Å²) in [6.45, 7) is 7.06. The lowest BCUT2D eigenvalue weighted by Gasteiger charge is -2.25. The minimum absolute atomic E-state index is 0.261. The van der Waals surface area contributed by atoms with E-state index in [-0.39, 0.29) is 6.61 Å². The Hall–Kier alpha value is -2.66. The van der Waals surface area contributed by atoms with E-state index in [1.54, 1.807) is 7.11 Å². The lowest BCUT2D eigenvalue weighted by Crippen LogP contribution is -2.35. The minimum Gasteiger partial charge on any atom is -0.491 e. The molecule has 1 unspecified atom stereocenters. The van der Waals surface area contributed by atoms with Gasteiger partial charge in [-0.25, -0.2) is 0 Å². The number of nitrogens with zero attached hydrogens (tertiary/aromatic N) is 1. The number of rotatable bonds is 12. The van der Waals surface area contributed by atoms with Crippen LogP contribution in [0.4, 0.5) is 0 Å². The van der Waals surface area contributed by atoms with E-state index in [4.69, 9.17) is 9.47 Å². The summed E-state index contributed by atoms with van der Waals surface area (Å²) in [5.74, 6) is 0.771. The third-order valence-corrected chi connectivity index (χ3v) is 4.93. The van der Waals surface area contributed by atoms with Gasteiger partial charge in [0.25, 0.3) is 0 Å². The molecule has 0 heterocycles. The topological polar surface area (TPSA) is 41.9 Å². The lowest BCUT2D eigenvalue weighted by atomic mass is 10.1. The standard InChI is InChI=1S/C26H31NO3.C2H6/c1-29-17-16-22-12-14-26(15-13-22)30-21-25(28)20-27(18-23-8-4-2-5-9-23)19-24-10-6-3-7-11-24;1-2/h2-15,25,28H,16-21H2,1H3;1-2H3. The van der Waals surface area contributed by atoms with Crippen molar-refractivity contribution in [1.29, 1.82) is 0 Å². The average molecular weight is 436 g/mol. The monoisotopic (exact) mass is 435 g/mol. The summed E-state index contributed by atoms with van der Waals surface area (Å²) in [7, 11) is 1.71. The second kappa shape index (κ2) is 15.2. The van der Waals surface area contributed by atoms with Gasteiger partial charge in [-0.05, 0) is 35.2 Å². The van der Waals surface area contributed by atoms with Gasteiger partial charge >= 0.3 is 0 Å². The Balaban J connectivity index is 0.00000176. The van der Waals surface area contributed by atoms with Crippen LogP contribution in [0.25, 0.3) is 0 Å². The smallest absolute Gasteiger partial charge is 0.119 e. The number of hydrogen-bond acceptors (Lipinski definition) is 4. The van der Waals surface area contributed by atoms with Crippen molar-refractivity contribution in [2.24, 2.45) is 0 Å². The predicted molar refractivity (Wildman–Crippen MR) is 132 cm³/mol. The molecule has 1 N–H and O–H groups in total. The van der Waals surface area contributed by atoms with E-state index in [9.17, 15) is 5.11 Å². The minimum atomic E-state index is -0.578. The summed E-state index contributed by atoms with van der Waals surface area (Å²) in [4.78, 5) is 2.26. The van der Waals surface area contributed by atoms with Crippen LogP contribution in [-0.2, 0) is 24.2 Å². The number of ether oxygens (including phenoxy) is 2. The summed E-state index contributed by atoms with van der Waals surface area (Å²) in [5.41, 5.74) is 3.67. The zero-order valence-electron chi connectivity index (χ0n) is 19.6. The number of methoxy groups -OCH3 is 1. The first-order valence-electron chi connectivity index (χ1n) is 11.4. The molecule has 0 fully saturated rings. The van der Waals surface area contributed by atoms with Crippen molar-refractivity contribution >= 4 is 0 Å². The highest BCUT2D eigenvalue weighted by molar-refractivity contribution is 5.27. The number of hydrogen-bond donors (Lipinski definition) is 1. The molecule has 0 radical (unpaired) electrons. The molecule has 3 aromatic rings. The fraction of sp³-hybridized carbons (Fsp3) is 0.357. The summed E-state index contributed by atoms with van der Waals surface area (Å²) in [6, 6.07) is 28.7. The molecule has 0 spiro atoms. The van der Waals surface area contributed by atoms with E-state index >= 15 is 0 Å². The van der Waals surface area contributed by atoms with Crippen LogP contribution in [0, 0.1) is 0 Å². The molecule has 172 valence electrons. The van der Waals surface area contributed by atoms with E-state index in [2.05, 4.69) is 29.2 Å². The highest BCUT2D eigenvalue weighted by atomic mass is 16.5. The Morgan fingerprint density at radius 1 is 0.750 bits per heavy atom. The van der Waals surface area contributed by atoms with Gasteiger partial charge in [-0.2, -0.15) is 0 Å². The molecule has 0 amide bonds. The van der Waals surface area contributed by atoms with Gasteiger partial charge in [-0.1, -0.05) is 86.6 Å². The molecular weight excluding hydrogens is 398 g/mol. The molecule has 0 aliphatic heterocycles. The molecule has 0 aliphatic rings. The third-order valence-electron chi connectivity index (χ3n) is 4.93. The Morgan fingerprint density at radius 2 is 1.28 bits per heavy atom. The highest BCUT2D eigenvalue weighted by Crippen LogP contribution is 2.14. The van der Waals surface area contributed by atoms with Gasteiger partial charge in [0, 0.05) is 26.7 Å². The van der Waals surface area contributed by atoms with Gasteiger partial charge < -0.3 is 14.6 Å². The van der Waals surface area contributed by atoms with Crippen molar-refractivity contribution in [3.8, 4) is 5.75 Å². The number of aliphatic hydroxyl groups is 1. The van der Waals surface area contributed by atoms with Crippen molar-refractivity contribution in [2.45, 2.75) is 39.5 Å². The van der Waals surface area contributed by atoms with Crippen molar-refractivity contribution in [1.82, 2.24) is 4.90 Å². The van der Waals surface area contributed by atoms with Gasteiger partial charge in [-0.15, -0.1) is 0 Å². The number of aliphatic hydroxyl groups excluding tert-OH is 1. The van der Waals surface area contributed by atoms with Gasteiger partial charge in [0.15, 0.2) is 0 Å². The fourth-order valence-electron chi connectivity index (χ4n) is 3.38. The van der Waals surface area contributed by atoms with E-state index < -0.39 is 6.10 Å². The molecule has 4 heteroatoms. The van der Waals surface area contributed by atoms with E-state index in [0.29, 0.717) is 13.2 Å². The molecule has 32 heavy (non-hydrogen) atoms. The van der Waals surface area contributed by atoms with Crippen molar-refractivity contribution in [2.75, 3.05) is 26.9 Å². The summed E-state index contributed by atoms with van der Waals surface area (Å²) >= 11 is 0. The fourth-order valence-corrected chi connectivity index (χ4v) is 3.38. The maximum absolute atomic E-state index is 10.6. The maximum atomic E-state index is 10.6. The first-order valence-corrected chi connectivity index (χ1v) is 11.4. The van der Waals surface area contributed by atoms with E-state index in [1.807, 2.05) is 74.5 Å². The predicted octanol–water partition coefficient (Wildman–Crippen LogP) is 5.34. The quantitative estimate of drug-likeness (QED) is 0.417.